The third kappa shape index (κ3) is 4.00. The second kappa shape index (κ2) is 8.38. The van der Waals surface area contributed by atoms with E-state index in [1.807, 2.05) is 6.08 Å². The maximum Gasteiger partial charge on any atom is 0.416 e. The summed E-state index contributed by atoms with van der Waals surface area (Å²) in [4.78, 5) is 21.4. The minimum atomic E-state index is -4.43. The Bertz CT molecular complexity index is 1230. The molecule has 0 spiro atoms. The number of methoxy groups -OCH3 is 1. The molecule has 3 heterocycles. The predicted molar refractivity (Wildman–Crippen MR) is 111 cm³/mol. The molecule has 0 saturated carbocycles. The number of aryl methyl sites for hydroxylation is 1. The highest BCUT2D eigenvalue weighted by Gasteiger charge is 2.33. The number of carbonyl (C=O) groups excluding carboxylic acids is 1. The molecule has 0 bridgehead atoms. The van der Waals surface area contributed by atoms with Crippen LogP contribution in [0.25, 0.3) is 11.2 Å². The van der Waals surface area contributed by atoms with Crippen molar-refractivity contribution in [2.75, 3.05) is 20.3 Å². The average molecular weight is 445 g/mol. The highest BCUT2D eigenvalue weighted by atomic mass is 19.4. The first kappa shape index (κ1) is 22.0. The number of rotatable bonds is 4. The Labute approximate surface area is 182 Å². The van der Waals surface area contributed by atoms with Crippen molar-refractivity contribution in [1.29, 1.82) is 0 Å². The number of fused-ring (bicyclic) bond motifs is 1. The van der Waals surface area contributed by atoms with E-state index in [-0.39, 0.29) is 17.7 Å². The van der Waals surface area contributed by atoms with Crippen LogP contribution in [0, 0.1) is 13.8 Å². The van der Waals surface area contributed by atoms with Crippen molar-refractivity contribution < 1.29 is 27.4 Å². The van der Waals surface area contributed by atoms with Crippen LogP contribution < -0.4 is 0 Å². The number of benzene rings is 1. The number of alkyl halides is 3. The molecule has 0 radical (unpaired) electrons. The Morgan fingerprint density at radius 3 is 2.69 bits per heavy atom. The Morgan fingerprint density at radius 2 is 2.03 bits per heavy atom. The summed E-state index contributed by atoms with van der Waals surface area (Å²) in [6.07, 6.45) is 0.0967. The number of esters is 1. The summed E-state index contributed by atoms with van der Waals surface area (Å²) < 4.78 is 52.2. The molecular formula is C23H22F3N3O3. The maximum atomic E-state index is 13.4. The van der Waals surface area contributed by atoms with E-state index in [1.165, 1.54) is 20.1 Å². The summed E-state index contributed by atoms with van der Waals surface area (Å²) in [6.45, 7) is 4.22. The smallest absolute Gasteiger partial charge is 0.416 e. The first-order chi connectivity index (χ1) is 15.2. The van der Waals surface area contributed by atoms with Gasteiger partial charge >= 0.3 is 12.1 Å². The number of ether oxygens (including phenoxy) is 2. The van der Waals surface area contributed by atoms with Gasteiger partial charge in [-0.1, -0.05) is 18.2 Å². The van der Waals surface area contributed by atoms with Gasteiger partial charge in [0.1, 0.15) is 0 Å². The van der Waals surface area contributed by atoms with E-state index in [0.717, 1.165) is 11.6 Å². The SMILES string of the molecule is COC(=O)c1nc(C2=CCOCC2)cn2c(Cc3cccc(C(F)(F)F)c3C)c(C)nc12. The molecule has 0 N–H and O–H groups in total. The molecule has 32 heavy (non-hydrogen) atoms. The molecule has 4 rings (SSSR count). The lowest BCUT2D eigenvalue weighted by atomic mass is 9.98. The first-order valence-electron chi connectivity index (χ1n) is 10.1. The molecule has 9 heteroatoms. The predicted octanol–water partition coefficient (Wildman–Crippen LogP) is 4.55. The van der Waals surface area contributed by atoms with Gasteiger partial charge < -0.3 is 9.47 Å². The largest absolute Gasteiger partial charge is 0.464 e. The van der Waals surface area contributed by atoms with Crippen LogP contribution in [-0.2, 0) is 22.1 Å². The van der Waals surface area contributed by atoms with Gasteiger partial charge in [0.25, 0.3) is 0 Å². The van der Waals surface area contributed by atoms with Crippen LogP contribution >= 0.6 is 0 Å². The third-order valence-corrected chi connectivity index (χ3v) is 5.69. The molecule has 0 amide bonds. The van der Waals surface area contributed by atoms with Gasteiger partial charge in [-0.3, -0.25) is 4.40 Å². The van der Waals surface area contributed by atoms with Gasteiger partial charge in [0.15, 0.2) is 11.3 Å². The molecule has 3 aromatic rings. The normalized spacial score (nSPS) is 14.5. The standard InChI is InChI=1S/C23H22F3N3O3/c1-13-16(5-4-6-17(13)23(24,25)26)11-19-14(2)27-21-20(22(30)31-3)28-18(12-29(19)21)15-7-9-32-10-8-15/h4-7,12H,8-11H2,1-3H3. The van der Waals surface area contributed by atoms with Gasteiger partial charge in [-0.2, -0.15) is 13.2 Å². The van der Waals surface area contributed by atoms with Crippen molar-refractivity contribution in [2.45, 2.75) is 32.9 Å². The fourth-order valence-corrected chi connectivity index (χ4v) is 3.93. The third-order valence-electron chi connectivity index (χ3n) is 5.69. The molecule has 1 aliphatic rings. The number of nitrogens with zero attached hydrogens (tertiary/aromatic N) is 3. The van der Waals surface area contributed by atoms with Crippen LogP contribution in [0.3, 0.4) is 0 Å². The van der Waals surface area contributed by atoms with Crippen LogP contribution in [0.15, 0.2) is 30.5 Å². The second-order valence-corrected chi connectivity index (χ2v) is 7.62. The summed E-state index contributed by atoms with van der Waals surface area (Å²) in [6, 6.07) is 4.16. The number of imidazole rings is 1. The first-order valence-corrected chi connectivity index (χ1v) is 10.1. The minimum absolute atomic E-state index is 0.0625. The summed E-state index contributed by atoms with van der Waals surface area (Å²) in [5.74, 6) is -0.628. The number of halogens is 3. The number of aromatic nitrogens is 3. The minimum Gasteiger partial charge on any atom is -0.464 e. The molecule has 168 valence electrons. The Hall–Kier alpha value is -3.20. The van der Waals surface area contributed by atoms with Crippen molar-refractivity contribution in [3.05, 3.63) is 69.9 Å². The lowest BCUT2D eigenvalue weighted by Gasteiger charge is -2.16. The monoisotopic (exact) mass is 445 g/mol. The Kier molecular flexibility index (Phi) is 5.77. The molecular weight excluding hydrogens is 423 g/mol. The highest BCUT2D eigenvalue weighted by molar-refractivity contribution is 5.94. The van der Waals surface area contributed by atoms with Gasteiger partial charge in [-0.15, -0.1) is 0 Å². The van der Waals surface area contributed by atoms with E-state index < -0.39 is 17.7 Å². The fourth-order valence-electron chi connectivity index (χ4n) is 3.93. The quantitative estimate of drug-likeness (QED) is 0.552. The molecule has 1 aromatic carbocycles. The van der Waals surface area contributed by atoms with Gasteiger partial charge in [0.2, 0.25) is 0 Å². The van der Waals surface area contributed by atoms with Crippen molar-refractivity contribution in [3.8, 4) is 0 Å². The van der Waals surface area contributed by atoms with Gasteiger partial charge in [-0.25, -0.2) is 14.8 Å². The lowest BCUT2D eigenvalue weighted by Crippen LogP contribution is -2.13. The van der Waals surface area contributed by atoms with E-state index >= 15 is 0 Å². The van der Waals surface area contributed by atoms with Crippen LogP contribution in [0.1, 0.15) is 50.7 Å². The summed E-state index contributed by atoms with van der Waals surface area (Å²) >= 11 is 0. The van der Waals surface area contributed by atoms with Crippen molar-refractivity contribution in [1.82, 2.24) is 14.4 Å². The number of hydrogen-bond donors (Lipinski definition) is 0. The van der Waals surface area contributed by atoms with E-state index in [0.29, 0.717) is 47.9 Å². The Balaban J connectivity index is 1.88. The van der Waals surface area contributed by atoms with Crippen molar-refractivity contribution in [2.24, 2.45) is 0 Å². The zero-order valence-corrected chi connectivity index (χ0v) is 17.9. The summed E-state index contributed by atoms with van der Waals surface area (Å²) in [7, 11) is 1.27. The van der Waals surface area contributed by atoms with Crippen molar-refractivity contribution >= 4 is 17.2 Å². The molecule has 6 nitrogen and oxygen atoms in total. The summed E-state index contributed by atoms with van der Waals surface area (Å²) in [5, 5.41) is 0. The van der Waals surface area contributed by atoms with Gasteiger partial charge in [0.05, 0.1) is 37.3 Å². The molecule has 0 aliphatic carbocycles. The van der Waals surface area contributed by atoms with E-state index in [4.69, 9.17) is 9.47 Å². The van der Waals surface area contributed by atoms with E-state index in [2.05, 4.69) is 9.97 Å². The molecule has 2 aromatic heterocycles. The number of hydrogen-bond acceptors (Lipinski definition) is 5. The zero-order valence-electron chi connectivity index (χ0n) is 17.9. The highest BCUT2D eigenvalue weighted by Crippen LogP contribution is 2.34. The zero-order chi connectivity index (χ0) is 23.0. The molecule has 0 unspecified atom stereocenters. The van der Waals surface area contributed by atoms with Crippen LogP contribution in [0.4, 0.5) is 13.2 Å². The lowest BCUT2D eigenvalue weighted by molar-refractivity contribution is -0.138. The second-order valence-electron chi connectivity index (χ2n) is 7.62. The molecule has 0 saturated heterocycles. The van der Waals surface area contributed by atoms with Gasteiger partial charge in [-0.05, 0) is 43.0 Å². The average Bonchev–Trinajstić information content (AvgIpc) is 3.08. The van der Waals surface area contributed by atoms with Crippen LogP contribution in [-0.4, -0.2) is 40.7 Å². The maximum absolute atomic E-state index is 13.4. The molecule has 0 atom stereocenters. The Morgan fingerprint density at radius 1 is 1.25 bits per heavy atom. The van der Waals surface area contributed by atoms with E-state index in [9.17, 15) is 18.0 Å². The number of carbonyl (C=O) groups is 1. The molecule has 0 fully saturated rings. The van der Waals surface area contributed by atoms with E-state index in [1.54, 1.807) is 23.6 Å². The van der Waals surface area contributed by atoms with Gasteiger partial charge in [0, 0.05) is 18.3 Å². The topological polar surface area (TPSA) is 65.7 Å². The molecule has 1 aliphatic heterocycles. The fraction of sp³-hybridized carbons (Fsp3) is 0.348. The summed E-state index contributed by atoms with van der Waals surface area (Å²) in [5.41, 5.74) is 3.22. The van der Waals surface area contributed by atoms with Crippen LogP contribution in [0.5, 0.6) is 0 Å². The van der Waals surface area contributed by atoms with Crippen LogP contribution in [0.2, 0.25) is 0 Å². The van der Waals surface area contributed by atoms with Crippen molar-refractivity contribution in [3.63, 3.8) is 0 Å².